The highest BCUT2D eigenvalue weighted by atomic mass is 16.6. The van der Waals surface area contributed by atoms with Crippen molar-refractivity contribution in [3.05, 3.63) is 35.9 Å². The fourth-order valence-corrected chi connectivity index (χ4v) is 2.72. The standard InChI is InChI=1S/C19H25N3O3/c1-13(2)12-16(18(23)21-11-10-20)22-19(24)25-17(15-8-9-15)14-6-4-3-5-7-14/h3-7,13,15-17H,8-9,11-12H2,1-2H3,(H,21,23)(H,22,24)/t16-,17?/m0/s1. The van der Waals surface area contributed by atoms with Gasteiger partial charge in [0.1, 0.15) is 18.7 Å². The molecule has 2 amide bonds. The molecule has 1 saturated carbocycles. The predicted molar refractivity (Wildman–Crippen MR) is 93.4 cm³/mol. The summed E-state index contributed by atoms with van der Waals surface area (Å²) in [7, 11) is 0. The van der Waals surface area contributed by atoms with Gasteiger partial charge in [-0.3, -0.25) is 4.79 Å². The Bertz CT molecular complexity index is 621. The first-order chi connectivity index (χ1) is 12.0. The van der Waals surface area contributed by atoms with Gasteiger partial charge in [-0.05, 0) is 30.7 Å². The molecule has 0 radical (unpaired) electrons. The minimum atomic E-state index is -0.712. The number of benzene rings is 1. The molecule has 1 fully saturated rings. The summed E-state index contributed by atoms with van der Waals surface area (Å²) in [5.74, 6) is 0.186. The summed E-state index contributed by atoms with van der Waals surface area (Å²) < 4.78 is 5.63. The number of alkyl carbamates (subject to hydrolysis) is 1. The van der Waals surface area contributed by atoms with Gasteiger partial charge in [0.15, 0.2) is 0 Å². The third-order valence-electron chi connectivity index (χ3n) is 4.07. The van der Waals surface area contributed by atoms with Gasteiger partial charge in [0.05, 0.1) is 6.07 Å². The molecular formula is C19H25N3O3. The molecule has 2 rings (SSSR count). The maximum absolute atomic E-state index is 12.4. The van der Waals surface area contributed by atoms with Crippen molar-refractivity contribution >= 4 is 12.0 Å². The van der Waals surface area contributed by atoms with E-state index in [0.717, 1.165) is 18.4 Å². The quantitative estimate of drug-likeness (QED) is 0.710. The van der Waals surface area contributed by atoms with E-state index in [4.69, 9.17) is 10.00 Å². The Morgan fingerprint density at radius 1 is 1.28 bits per heavy atom. The monoisotopic (exact) mass is 343 g/mol. The Labute approximate surface area is 148 Å². The summed E-state index contributed by atoms with van der Waals surface area (Å²) in [5.41, 5.74) is 0.967. The number of nitrogens with zero attached hydrogens (tertiary/aromatic N) is 1. The molecule has 0 aromatic heterocycles. The fourth-order valence-electron chi connectivity index (χ4n) is 2.72. The van der Waals surface area contributed by atoms with Crippen molar-refractivity contribution in [1.82, 2.24) is 10.6 Å². The number of rotatable bonds is 8. The van der Waals surface area contributed by atoms with Crippen LogP contribution in [0.5, 0.6) is 0 Å². The van der Waals surface area contributed by atoms with Crippen LogP contribution in [0.15, 0.2) is 30.3 Å². The molecule has 0 heterocycles. The Hall–Kier alpha value is -2.55. The summed E-state index contributed by atoms with van der Waals surface area (Å²) in [4.78, 5) is 24.5. The van der Waals surface area contributed by atoms with E-state index < -0.39 is 12.1 Å². The van der Waals surface area contributed by atoms with Crippen molar-refractivity contribution in [1.29, 1.82) is 5.26 Å². The highest BCUT2D eigenvalue weighted by molar-refractivity contribution is 5.85. The van der Waals surface area contributed by atoms with Crippen molar-refractivity contribution in [3.8, 4) is 6.07 Å². The number of carbonyl (C=O) groups excluding carboxylic acids is 2. The lowest BCUT2D eigenvalue weighted by Gasteiger charge is -2.22. The number of nitrogens with one attached hydrogen (secondary N) is 2. The van der Waals surface area contributed by atoms with Gasteiger partial charge in [0.25, 0.3) is 0 Å². The van der Waals surface area contributed by atoms with Crippen LogP contribution in [0.3, 0.4) is 0 Å². The van der Waals surface area contributed by atoms with Gasteiger partial charge in [0.2, 0.25) is 5.91 Å². The lowest BCUT2D eigenvalue weighted by Crippen LogP contribution is -2.47. The van der Waals surface area contributed by atoms with E-state index in [0.29, 0.717) is 12.3 Å². The first kappa shape index (κ1) is 18.8. The third kappa shape index (κ3) is 6.11. The van der Waals surface area contributed by atoms with Crippen LogP contribution in [0.25, 0.3) is 0 Å². The zero-order valence-electron chi connectivity index (χ0n) is 14.7. The van der Waals surface area contributed by atoms with E-state index in [1.54, 1.807) is 0 Å². The van der Waals surface area contributed by atoms with Gasteiger partial charge in [-0.1, -0.05) is 44.2 Å². The number of amides is 2. The molecule has 1 aromatic rings. The molecule has 1 aliphatic carbocycles. The third-order valence-corrected chi connectivity index (χ3v) is 4.07. The number of ether oxygens (including phenoxy) is 1. The van der Waals surface area contributed by atoms with Crippen molar-refractivity contribution in [2.45, 2.75) is 45.3 Å². The molecule has 1 aromatic carbocycles. The predicted octanol–water partition coefficient (Wildman–Crippen LogP) is 2.92. The average molecular weight is 343 g/mol. The van der Waals surface area contributed by atoms with Gasteiger partial charge in [-0.15, -0.1) is 0 Å². The highest BCUT2D eigenvalue weighted by Gasteiger charge is 2.36. The molecule has 1 aliphatic rings. The molecule has 0 saturated heterocycles. The molecule has 0 spiro atoms. The number of hydrogen-bond acceptors (Lipinski definition) is 4. The van der Waals surface area contributed by atoms with Crippen molar-refractivity contribution in [2.75, 3.05) is 6.54 Å². The normalized spacial score (nSPS) is 15.8. The van der Waals surface area contributed by atoms with Crippen LogP contribution in [0.1, 0.15) is 44.8 Å². The first-order valence-corrected chi connectivity index (χ1v) is 8.68. The molecule has 25 heavy (non-hydrogen) atoms. The van der Waals surface area contributed by atoms with Crippen LogP contribution in [-0.2, 0) is 9.53 Å². The van der Waals surface area contributed by atoms with Crippen molar-refractivity contribution in [3.63, 3.8) is 0 Å². The second-order valence-electron chi connectivity index (χ2n) is 6.78. The van der Waals surface area contributed by atoms with E-state index in [2.05, 4.69) is 10.6 Å². The van der Waals surface area contributed by atoms with E-state index in [1.807, 2.05) is 50.2 Å². The SMILES string of the molecule is CC(C)C[C@H](NC(=O)OC(c1ccccc1)C1CC1)C(=O)NCC#N. The maximum atomic E-state index is 12.4. The Balaban J connectivity index is 1.99. The number of nitriles is 1. The molecule has 1 unspecified atom stereocenters. The molecule has 2 atom stereocenters. The highest BCUT2D eigenvalue weighted by Crippen LogP contribution is 2.43. The van der Waals surface area contributed by atoms with E-state index in [1.165, 1.54) is 0 Å². The van der Waals surface area contributed by atoms with Gasteiger partial charge in [-0.2, -0.15) is 5.26 Å². The van der Waals surface area contributed by atoms with E-state index in [-0.39, 0.29) is 24.5 Å². The average Bonchev–Trinajstić information content (AvgIpc) is 3.42. The molecular weight excluding hydrogens is 318 g/mol. The summed E-state index contributed by atoms with van der Waals surface area (Å²) in [6.07, 6.45) is 1.66. The second-order valence-corrected chi connectivity index (χ2v) is 6.78. The summed E-state index contributed by atoms with van der Waals surface area (Å²) in [6.45, 7) is 3.85. The molecule has 6 nitrogen and oxygen atoms in total. The van der Waals surface area contributed by atoms with Crippen LogP contribution < -0.4 is 10.6 Å². The first-order valence-electron chi connectivity index (χ1n) is 8.68. The maximum Gasteiger partial charge on any atom is 0.408 e. The molecule has 0 bridgehead atoms. The Morgan fingerprint density at radius 2 is 1.96 bits per heavy atom. The molecule has 6 heteroatoms. The number of carbonyl (C=O) groups is 2. The van der Waals surface area contributed by atoms with Gasteiger partial charge < -0.3 is 15.4 Å². The smallest absolute Gasteiger partial charge is 0.408 e. The number of hydrogen-bond donors (Lipinski definition) is 2. The minimum Gasteiger partial charge on any atom is -0.441 e. The molecule has 2 N–H and O–H groups in total. The van der Waals surface area contributed by atoms with Gasteiger partial charge in [-0.25, -0.2) is 4.79 Å². The summed E-state index contributed by atoms with van der Waals surface area (Å²) in [6, 6.07) is 10.8. The Morgan fingerprint density at radius 3 is 2.52 bits per heavy atom. The molecule has 134 valence electrons. The largest absolute Gasteiger partial charge is 0.441 e. The van der Waals surface area contributed by atoms with Crippen LogP contribution in [0, 0.1) is 23.2 Å². The summed E-state index contributed by atoms with van der Waals surface area (Å²) >= 11 is 0. The summed E-state index contributed by atoms with van der Waals surface area (Å²) in [5, 5.41) is 13.7. The van der Waals surface area contributed by atoms with E-state index in [9.17, 15) is 9.59 Å². The van der Waals surface area contributed by atoms with Crippen LogP contribution in [-0.4, -0.2) is 24.6 Å². The fraction of sp³-hybridized carbons (Fsp3) is 0.526. The lowest BCUT2D eigenvalue weighted by atomic mass is 10.0. The topological polar surface area (TPSA) is 91.2 Å². The zero-order valence-corrected chi connectivity index (χ0v) is 14.7. The lowest BCUT2D eigenvalue weighted by molar-refractivity contribution is -0.123. The van der Waals surface area contributed by atoms with Crippen LogP contribution >= 0.6 is 0 Å². The van der Waals surface area contributed by atoms with Gasteiger partial charge >= 0.3 is 6.09 Å². The van der Waals surface area contributed by atoms with Crippen molar-refractivity contribution < 1.29 is 14.3 Å². The Kier molecular flexibility index (Phi) is 6.81. The minimum absolute atomic E-state index is 0.0845. The van der Waals surface area contributed by atoms with Crippen LogP contribution in [0.4, 0.5) is 4.79 Å². The second kappa shape index (κ2) is 9.07. The zero-order chi connectivity index (χ0) is 18.2. The van der Waals surface area contributed by atoms with E-state index >= 15 is 0 Å². The van der Waals surface area contributed by atoms with Crippen LogP contribution in [0.2, 0.25) is 0 Å². The van der Waals surface area contributed by atoms with Gasteiger partial charge in [0, 0.05) is 5.92 Å². The molecule has 0 aliphatic heterocycles. The van der Waals surface area contributed by atoms with Crippen molar-refractivity contribution in [2.24, 2.45) is 11.8 Å².